The molecule has 4 aromatic carbocycles. The molecular formula is C32H26N2+2. The van der Waals surface area contributed by atoms with Crippen molar-refractivity contribution in [3.05, 3.63) is 145 Å². The van der Waals surface area contributed by atoms with Crippen molar-refractivity contribution in [1.82, 2.24) is 0 Å². The molecule has 0 spiro atoms. The molecule has 0 aliphatic rings. The van der Waals surface area contributed by atoms with Crippen LogP contribution in [0, 0.1) is 0 Å². The van der Waals surface area contributed by atoms with E-state index in [0.29, 0.717) is 0 Å². The highest BCUT2D eigenvalue weighted by Gasteiger charge is 2.19. The lowest BCUT2D eigenvalue weighted by Crippen LogP contribution is -2.35. The fourth-order valence-corrected chi connectivity index (χ4v) is 4.88. The molecule has 6 aromatic rings. The van der Waals surface area contributed by atoms with Crippen LogP contribution in [0.4, 0.5) is 0 Å². The van der Waals surface area contributed by atoms with Gasteiger partial charge in [0, 0.05) is 46.5 Å². The molecule has 0 fully saturated rings. The van der Waals surface area contributed by atoms with Gasteiger partial charge in [-0.1, -0.05) is 84.9 Å². The quantitative estimate of drug-likeness (QED) is 0.278. The van der Waals surface area contributed by atoms with Gasteiger partial charge in [0.05, 0.1) is 10.8 Å². The molecule has 2 aromatic heterocycles. The molecule has 0 radical (unpaired) electrons. The van der Waals surface area contributed by atoms with Gasteiger partial charge in [0.25, 0.3) is 0 Å². The first kappa shape index (κ1) is 20.3. The number of aromatic nitrogens is 2. The molecule has 6 rings (SSSR count). The summed E-state index contributed by atoms with van der Waals surface area (Å²) in [5, 5.41) is 2.54. The van der Waals surface area contributed by atoms with E-state index in [1.54, 1.807) is 0 Å². The molecule has 0 saturated carbocycles. The lowest BCUT2D eigenvalue weighted by atomic mass is 9.97. The summed E-state index contributed by atoms with van der Waals surface area (Å²) in [5.41, 5.74) is 7.63. The second-order valence-corrected chi connectivity index (χ2v) is 8.72. The Morgan fingerprint density at radius 3 is 1.21 bits per heavy atom. The van der Waals surface area contributed by atoms with E-state index < -0.39 is 0 Å². The zero-order valence-corrected chi connectivity index (χ0v) is 19.0. The Kier molecular flexibility index (Phi) is 5.33. The van der Waals surface area contributed by atoms with Gasteiger partial charge >= 0.3 is 0 Å². The highest BCUT2D eigenvalue weighted by Crippen LogP contribution is 2.31. The number of rotatable bonds is 5. The Morgan fingerprint density at radius 2 is 0.765 bits per heavy atom. The molecule has 2 heterocycles. The number of fused-ring (bicyclic) bond motifs is 2. The number of pyridine rings is 2. The van der Waals surface area contributed by atoms with Crippen molar-refractivity contribution < 1.29 is 9.13 Å². The lowest BCUT2D eigenvalue weighted by Gasteiger charge is -2.10. The molecule has 0 atom stereocenters. The largest absolute Gasteiger partial charge is 0.213 e. The third-order valence-electron chi connectivity index (χ3n) is 6.53. The normalized spacial score (nSPS) is 11.2. The Morgan fingerprint density at radius 1 is 0.382 bits per heavy atom. The minimum absolute atomic E-state index is 0.855. The minimum Gasteiger partial charge on any atom is -0.194 e. The van der Waals surface area contributed by atoms with Crippen molar-refractivity contribution >= 4 is 21.8 Å². The van der Waals surface area contributed by atoms with Gasteiger partial charge in [0.2, 0.25) is 11.0 Å². The zero-order chi connectivity index (χ0) is 22.7. The second kappa shape index (κ2) is 8.92. The molecule has 0 unspecified atom stereocenters. The van der Waals surface area contributed by atoms with Crippen LogP contribution >= 0.6 is 0 Å². The Bertz CT molecular complexity index is 1470. The summed E-state index contributed by atoms with van der Waals surface area (Å²) < 4.78 is 4.68. The fourth-order valence-electron chi connectivity index (χ4n) is 4.88. The maximum atomic E-state index is 2.34. The van der Waals surface area contributed by atoms with Crippen molar-refractivity contribution in [2.75, 3.05) is 0 Å². The van der Waals surface area contributed by atoms with E-state index in [1.165, 1.54) is 44.1 Å². The van der Waals surface area contributed by atoms with Crippen LogP contribution in [0.25, 0.3) is 32.9 Å². The number of para-hydroxylation sites is 2. The van der Waals surface area contributed by atoms with Gasteiger partial charge in [-0.15, -0.1) is 0 Å². The maximum Gasteiger partial charge on any atom is 0.213 e. The van der Waals surface area contributed by atoms with E-state index in [0.717, 1.165) is 13.1 Å². The number of hydrogen-bond acceptors (Lipinski definition) is 0. The molecule has 0 aliphatic heterocycles. The summed E-state index contributed by atoms with van der Waals surface area (Å²) in [6, 6.07) is 43.3. The molecule has 2 heteroatoms. The van der Waals surface area contributed by atoms with Crippen molar-refractivity contribution in [2.24, 2.45) is 0 Å². The van der Waals surface area contributed by atoms with Crippen LogP contribution in [0.3, 0.4) is 0 Å². The van der Waals surface area contributed by atoms with Crippen LogP contribution in [0.15, 0.2) is 134 Å². The summed E-state index contributed by atoms with van der Waals surface area (Å²) in [5.74, 6) is 0. The molecule has 0 N–H and O–H groups in total. The third-order valence-corrected chi connectivity index (χ3v) is 6.53. The molecule has 0 amide bonds. The van der Waals surface area contributed by atoms with Gasteiger partial charge in [-0.05, 0) is 12.1 Å². The van der Waals surface area contributed by atoms with Crippen LogP contribution in [0.1, 0.15) is 11.1 Å². The van der Waals surface area contributed by atoms with Crippen LogP contribution in [0.2, 0.25) is 0 Å². The van der Waals surface area contributed by atoms with Gasteiger partial charge < -0.3 is 0 Å². The standard InChI is InChI=1S/C32H26N2/c1-3-11-25(12-4-1)23-33-21-19-27(29-15-7-9-17-31(29)33)28-20-22-34(24-26-13-5-2-6-14-26)32-18-10-8-16-30(28)32/h1-22H,23-24H2/q+2. The summed E-state index contributed by atoms with van der Waals surface area (Å²) in [4.78, 5) is 0. The molecular weight excluding hydrogens is 412 g/mol. The van der Waals surface area contributed by atoms with Crippen LogP contribution < -0.4 is 9.13 Å². The highest BCUT2D eigenvalue weighted by atomic mass is 15.0. The van der Waals surface area contributed by atoms with Crippen molar-refractivity contribution in [2.45, 2.75) is 13.1 Å². The van der Waals surface area contributed by atoms with Crippen LogP contribution in [-0.2, 0) is 13.1 Å². The SMILES string of the molecule is c1ccc(C[n+]2ccc(-c3cc[n+](Cc4ccccc4)c4ccccc34)c3ccccc32)cc1. The predicted molar refractivity (Wildman–Crippen MR) is 138 cm³/mol. The van der Waals surface area contributed by atoms with Gasteiger partial charge in [0.1, 0.15) is 0 Å². The van der Waals surface area contributed by atoms with Crippen LogP contribution in [-0.4, -0.2) is 0 Å². The molecule has 34 heavy (non-hydrogen) atoms. The average molecular weight is 439 g/mol. The maximum absolute atomic E-state index is 2.34. The second-order valence-electron chi connectivity index (χ2n) is 8.72. The first-order valence-corrected chi connectivity index (χ1v) is 11.8. The Balaban J connectivity index is 1.49. The number of nitrogens with zero attached hydrogens (tertiary/aromatic N) is 2. The number of benzene rings is 4. The van der Waals surface area contributed by atoms with Crippen molar-refractivity contribution in [3.8, 4) is 11.1 Å². The van der Waals surface area contributed by atoms with E-state index >= 15 is 0 Å². The Labute approximate surface area is 200 Å². The van der Waals surface area contributed by atoms with Crippen molar-refractivity contribution in [3.63, 3.8) is 0 Å². The average Bonchev–Trinajstić information content (AvgIpc) is 2.91. The highest BCUT2D eigenvalue weighted by molar-refractivity contribution is 6.01. The zero-order valence-electron chi connectivity index (χ0n) is 19.0. The van der Waals surface area contributed by atoms with Gasteiger partial charge in [-0.3, -0.25) is 0 Å². The van der Waals surface area contributed by atoms with E-state index in [2.05, 4.69) is 143 Å². The van der Waals surface area contributed by atoms with Gasteiger partial charge in [-0.25, -0.2) is 0 Å². The molecule has 0 saturated heterocycles. The lowest BCUT2D eigenvalue weighted by molar-refractivity contribution is -0.662. The van der Waals surface area contributed by atoms with E-state index in [9.17, 15) is 0 Å². The molecule has 2 nitrogen and oxygen atoms in total. The van der Waals surface area contributed by atoms with E-state index in [4.69, 9.17) is 0 Å². The van der Waals surface area contributed by atoms with Crippen molar-refractivity contribution in [1.29, 1.82) is 0 Å². The number of hydrogen-bond donors (Lipinski definition) is 0. The van der Waals surface area contributed by atoms with E-state index in [1.807, 2.05) is 0 Å². The predicted octanol–water partition coefficient (Wildman–Crippen LogP) is 6.33. The summed E-state index contributed by atoms with van der Waals surface area (Å²) >= 11 is 0. The first-order chi connectivity index (χ1) is 16.9. The smallest absolute Gasteiger partial charge is 0.194 e. The molecule has 0 aliphatic carbocycles. The van der Waals surface area contributed by atoms with E-state index in [-0.39, 0.29) is 0 Å². The third kappa shape index (κ3) is 3.84. The van der Waals surface area contributed by atoms with Crippen LogP contribution in [0.5, 0.6) is 0 Å². The monoisotopic (exact) mass is 438 g/mol. The minimum atomic E-state index is 0.855. The molecule has 162 valence electrons. The van der Waals surface area contributed by atoms with Gasteiger partial charge in [-0.2, -0.15) is 9.13 Å². The topological polar surface area (TPSA) is 7.76 Å². The summed E-state index contributed by atoms with van der Waals surface area (Å²) in [6.07, 6.45) is 4.45. The fraction of sp³-hybridized carbons (Fsp3) is 0.0625. The molecule has 0 bridgehead atoms. The first-order valence-electron chi connectivity index (χ1n) is 11.8. The summed E-state index contributed by atoms with van der Waals surface area (Å²) in [6.45, 7) is 1.71. The Hall–Kier alpha value is -4.30. The van der Waals surface area contributed by atoms with Gasteiger partial charge in [0.15, 0.2) is 25.5 Å². The summed E-state index contributed by atoms with van der Waals surface area (Å²) in [7, 11) is 0.